The van der Waals surface area contributed by atoms with E-state index in [0.717, 1.165) is 0 Å². The predicted octanol–water partition coefficient (Wildman–Crippen LogP) is 2.87. The van der Waals surface area contributed by atoms with Crippen molar-refractivity contribution >= 4 is 27.4 Å². The summed E-state index contributed by atoms with van der Waals surface area (Å²) < 4.78 is 0.634. The van der Waals surface area contributed by atoms with Crippen LogP contribution < -0.4 is 0 Å². The number of nitro benzene ring substituents is 1. The molecule has 0 N–H and O–H groups in total. The minimum absolute atomic E-state index is 0.119. The molecule has 0 radical (unpaired) electrons. The number of ketones is 1. The molecule has 0 bridgehead atoms. The third-order valence-corrected chi connectivity index (χ3v) is 2.79. The maximum atomic E-state index is 11.1. The van der Waals surface area contributed by atoms with Crippen molar-refractivity contribution in [2.24, 2.45) is 0 Å². The number of Topliss-reactive ketones (excluding diaryl/α,β-unsaturated/α-hetero) is 1. The van der Waals surface area contributed by atoms with E-state index in [-0.39, 0.29) is 17.0 Å². The number of carbonyl (C=O) groups is 1. The average molecular weight is 258 g/mol. The van der Waals surface area contributed by atoms with E-state index in [0.29, 0.717) is 10.0 Å². The number of carbonyl (C=O) groups excluding carboxylic acids is 1. The summed E-state index contributed by atoms with van der Waals surface area (Å²) in [4.78, 5) is 21.3. The fraction of sp³-hybridized carbons (Fsp3) is 0.222. The maximum absolute atomic E-state index is 11.1. The first kappa shape index (κ1) is 10.8. The molecule has 0 spiro atoms. The Morgan fingerprint density at radius 3 is 2.50 bits per heavy atom. The first-order chi connectivity index (χ1) is 6.45. The van der Waals surface area contributed by atoms with Crippen molar-refractivity contribution in [3.8, 4) is 0 Å². The zero-order chi connectivity index (χ0) is 10.9. The predicted molar refractivity (Wildman–Crippen MR) is 55.5 cm³/mol. The van der Waals surface area contributed by atoms with Gasteiger partial charge in [-0.3, -0.25) is 14.9 Å². The molecule has 5 heteroatoms. The first-order valence-electron chi connectivity index (χ1n) is 3.89. The Bertz CT molecular complexity index is 415. The lowest BCUT2D eigenvalue weighted by Crippen LogP contribution is -2.02. The summed E-state index contributed by atoms with van der Waals surface area (Å²) >= 11 is 3.18. The molecular weight excluding hydrogens is 250 g/mol. The molecule has 0 fully saturated rings. The Balaban J connectivity index is 3.53. The van der Waals surface area contributed by atoms with Gasteiger partial charge in [0.05, 0.1) is 10.5 Å². The van der Waals surface area contributed by atoms with E-state index in [1.54, 1.807) is 13.0 Å². The van der Waals surface area contributed by atoms with Crippen molar-refractivity contribution in [2.75, 3.05) is 0 Å². The summed E-state index contributed by atoms with van der Waals surface area (Å²) in [5.41, 5.74) is 0.505. The Morgan fingerprint density at radius 2 is 2.07 bits per heavy atom. The number of benzene rings is 1. The van der Waals surface area contributed by atoms with Gasteiger partial charge in [-0.05, 0) is 26.0 Å². The van der Waals surface area contributed by atoms with Crippen LogP contribution in [0.1, 0.15) is 22.8 Å². The molecule has 0 aliphatic carbocycles. The SMILES string of the molecule is CC(=O)c1ccc(Br)c(C)c1[N+](=O)[O-]. The minimum atomic E-state index is -0.531. The first-order valence-corrected chi connectivity index (χ1v) is 4.69. The molecule has 0 aromatic heterocycles. The van der Waals surface area contributed by atoms with Gasteiger partial charge in [0.15, 0.2) is 5.78 Å². The van der Waals surface area contributed by atoms with Crippen molar-refractivity contribution in [2.45, 2.75) is 13.8 Å². The zero-order valence-electron chi connectivity index (χ0n) is 7.70. The maximum Gasteiger partial charge on any atom is 0.284 e. The van der Waals surface area contributed by atoms with Crippen molar-refractivity contribution in [1.29, 1.82) is 0 Å². The van der Waals surface area contributed by atoms with Crippen LogP contribution in [0.4, 0.5) is 5.69 Å². The second-order valence-corrected chi connectivity index (χ2v) is 3.74. The highest BCUT2D eigenvalue weighted by Crippen LogP contribution is 2.29. The highest BCUT2D eigenvalue weighted by atomic mass is 79.9. The highest BCUT2D eigenvalue weighted by molar-refractivity contribution is 9.10. The quantitative estimate of drug-likeness (QED) is 0.465. The Morgan fingerprint density at radius 1 is 1.50 bits per heavy atom. The van der Waals surface area contributed by atoms with Crippen LogP contribution in [-0.4, -0.2) is 10.7 Å². The van der Waals surface area contributed by atoms with E-state index in [1.165, 1.54) is 13.0 Å². The van der Waals surface area contributed by atoms with E-state index < -0.39 is 4.92 Å². The zero-order valence-corrected chi connectivity index (χ0v) is 9.29. The lowest BCUT2D eigenvalue weighted by Gasteiger charge is -2.03. The number of rotatable bonds is 2. The molecule has 14 heavy (non-hydrogen) atoms. The van der Waals surface area contributed by atoms with Crippen LogP contribution in [-0.2, 0) is 0 Å². The molecule has 0 saturated carbocycles. The van der Waals surface area contributed by atoms with E-state index in [1.807, 2.05) is 0 Å². The molecule has 1 aromatic carbocycles. The fourth-order valence-corrected chi connectivity index (χ4v) is 1.51. The van der Waals surface area contributed by atoms with Gasteiger partial charge in [-0.15, -0.1) is 0 Å². The van der Waals surface area contributed by atoms with Gasteiger partial charge in [-0.25, -0.2) is 0 Å². The van der Waals surface area contributed by atoms with Crippen molar-refractivity contribution in [3.63, 3.8) is 0 Å². The van der Waals surface area contributed by atoms with E-state index >= 15 is 0 Å². The topological polar surface area (TPSA) is 60.2 Å². The van der Waals surface area contributed by atoms with Crippen LogP contribution in [0.15, 0.2) is 16.6 Å². The van der Waals surface area contributed by atoms with Gasteiger partial charge in [0.25, 0.3) is 5.69 Å². The van der Waals surface area contributed by atoms with Crippen LogP contribution in [0.25, 0.3) is 0 Å². The van der Waals surface area contributed by atoms with Crippen molar-refractivity contribution in [3.05, 3.63) is 37.8 Å². The summed E-state index contributed by atoms with van der Waals surface area (Å²) in [6.45, 7) is 2.92. The normalized spacial score (nSPS) is 9.93. The molecule has 0 saturated heterocycles. The molecule has 0 aliphatic heterocycles. The summed E-state index contributed by atoms with van der Waals surface area (Å²) in [6.07, 6.45) is 0. The molecule has 74 valence electrons. The van der Waals surface area contributed by atoms with E-state index in [4.69, 9.17) is 0 Å². The van der Waals surface area contributed by atoms with Crippen molar-refractivity contribution in [1.82, 2.24) is 0 Å². The number of nitrogens with zero attached hydrogens (tertiary/aromatic N) is 1. The Labute approximate surface area is 89.2 Å². The molecule has 1 rings (SSSR count). The van der Waals surface area contributed by atoms with E-state index in [9.17, 15) is 14.9 Å². The molecule has 1 aromatic rings. The minimum Gasteiger partial charge on any atom is -0.294 e. The molecule has 0 aliphatic rings. The fourth-order valence-electron chi connectivity index (χ4n) is 1.19. The molecular formula is C9H8BrNO3. The number of hydrogen-bond donors (Lipinski definition) is 0. The Hall–Kier alpha value is -1.23. The molecule has 0 unspecified atom stereocenters. The monoisotopic (exact) mass is 257 g/mol. The van der Waals surface area contributed by atoms with Crippen LogP contribution in [0.5, 0.6) is 0 Å². The number of nitro groups is 1. The van der Waals surface area contributed by atoms with Gasteiger partial charge < -0.3 is 0 Å². The molecule has 0 heterocycles. The second-order valence-electron chi connectivity index (χ2n) is 2.88. The van der Waals surface area contributed by atoms with Gasteiger partial charge in [-0.2, -0.15) is 0 Å². The van der Waals surface area contributed by atoms with Gasteiger partial charge in [0.1, 0.15) is 0 Å². The molecule has 4 nitrogen and oxygen atoms in total. The van der Waals surface area contributed by atoms with Crippen LogP contribution in [0, 0.1) is 17.0 Å². The summed E-state index contributed by atoms with van der Waals surface area (Å²) in [7, 11) is 0. The number of hydrogen-bond acceptors (Lipinski definition) is 3. The molecule has 0 amide bonds. The van der Waals surface area contributed by atoms with Gasteiger partial charge >= 0.3 is 0 Å². The second kappa shape index (κ2) is 3.88. The number of halogens is 1. The van der Waals surface area contributed by atoms with Gasteiger partial charge in [-0.1, -0.05) is 15.9 Å². The van der Waals surface area contributed by atoms with Gasteiger partial charge in [0.2, 0.25) is 0 Å². The van der Waals surface area contributed by atoms with Crippen molar-refractivity contribution < 1.29 is 9.72 Å². The lowest BCUT2D eigenvalue weighted by molar-refractivity contribution is -0.385. The highest BCUT2D eigenvalue weighted by Gasteiger charge is 2.21. The largest absolute Gasteiger partial charge is 0.294 e. The van der Waals surface area contributed by atoms with Crippen LogP contribution in [0.2, 0.25) is 0 Å². The third kappa shape index (κ3) is 1.82. The summed E-state index contributed by atoms with van der Waals surface area (Å²) in [5.74, 6) is -0.299. The smallest absolute Gasteiger partial charge is 0.284 e. The molecule has 0 atom stereocenters. The summed E-state index contributed by atoms with van der Waals surface area (Å²) in [6, 6.07) is 3.09. The lowest BCUT2D eigenvalue weighted by atomic mass is 10.1. The summed E-state index contributed by atoms with van der Waals surface area (Å²) in [5, 5.41) is 10.7. The Kier molecular flexibility index (Phi) is 3.00. The van der Waals surface area contributed by atoms with Crippen LogP contribution >= 0.6 is 15.9 Å². The average Bonchev–Trinajstić information content (AvgIpc) is 2.08. The third-order valence-electron chi connectivity index (χ3n) is 1.93. The van der Waals surface area contributed by atoms with E-state index in [2.05, 4.69) is 15.9 Å². The van der Waals surface area contributed by atoms with Gasteiger partial charge in [0, 0.05) is 10.0 Å². The van der Waals surface area contributed by atoms with Crippen LogP contribution in [0.3, 0.4) is 0 Å². The standard InChI is InChI=1S/C9H8BrNO3/c1-5-8(10)4-3-7(6(2)12)9(5)11(13)14/h3-4H,1-2H3.